The Balaban J connectivity index is 1.44. The molecule has 2 amide bonds. The number of carbonyl (C=O) groups excluding carboxylic acids is 2. The van der Waals surface area contributed by atoms with Gasteiger partial charge in [-0.05, 0) is 45.1 Å². The highest BCUT2D eigenvalue weighted by molar-refractivity contribution is 5.68. The number of ether oxygens (including phenoxy) is 4. The average Bonchev–Trinajstić information content (AvgIpc) is 2.74. The van der Waals surface area contributed by atoms with Crippen molar-refractivity contribution in [1.29, 1.82) is 0 Å². The SMILES string of the molecule is CC(C)(C)OC(=O)NCCOCCOCC1CCN(C(=O)OCc2ccccc2)CC1. The number of rotatable bonds is 10. The van der Waals surface area contributed by atoms with E-state index in [0.717, 1.165) is 18.4 Å². The summed E-state index contributed by atoms with van der Waals surface area (Å²) in [5.41, 5.74) is 0.485. The standard InChI is InChI=1S/C23H36N2O6/c1-23(2,3)31-21(26)24-11-14-28-15-16-29-17-20-9-12-25(13-10-20)22(27)30-18-19-7-5-4-6-8-19/h4-8,20H,9-18H2,1-3H3,(H,24,26). The average molecular weight is 437 g/mol. The van der Waals surface area contributed by atoms with Crippen molar-refractivity contribution in [2.24, 2.45) is 5.92 Å². The van der Waals surface area contributed by atoms with Crippen molar-refractivity contribution in [2.45, 2.75) is 45.8 Å². The number of piperidine rings is 1. The summed E-state index contributed by atoms with van der Waals surface area (Å²) in [6, 6.07) is 9.69. The Labute approximate surface area is 185 Å². The molecule has 1 aliphatic rings. The molecular formula is C23H36N2O6. The minimum absolute atomic E-state index is 0.253. The summed E-state index contributed by atoms with van der Waals surface area (Å²) >= 11 is 0. The van der Waals surface area contributed by atoms with E-state index >= 15 is 0 Å². The molecule has 0 radical (unpaired) electrons. The lowest BCUT2D eigenvalue weighted by Crippen LogP contribution is -2.39. The summed E-state index contributed by atoms with van der Waals surface area (Å²) in [5.74, 6) is 0.437. The van der Waals surface area contributed by atoms with Crippen LogP contribution < -0.4 is 5.32 Å². The van der Waals surface area contributed by atoms with Gasteiger partial charge in [0.2, 0.25) is 0 Å². The van der Waals surface area contributed by atoms with Crippen LogP contribution in [0.1, 0.15) is 39.2 Å². The first kappa shape index (κ1) is 24.9. The second-order valence-corrected chi connectivity index (χ2v) is 8.59. The summed E-state index contributed by atoms with van der Waals surface area (Å²) in [5, 5.41) is 2.64. The smallest absolute Gasteiger partial charge is 0.410 e. The fraction of sp³-hybridized carbons (Fsp3) is 0.652. The Morgan fingerprint density at radius 3 is 2.39 bits per heavy atom. The number of alkyl carbamates (subject to hydrolysis) is 1. The van der Waals surface area contributed by atoms with Crippen molar-refractivity contribution in [2.75, 3.05) is 46.1 Å². The Kier molecular flexibility index (Phi) is 10.6. The van der Waals surface area contributed by atoms with E-state index in [1.54, 1.807) is 4.90 Å². The molecule has 1 aromatic rings. The van der Waals surface area contributed by atoms with E-state index in [4.69, 9.17) is 18.9 Å². The zero-order chi connectivity index (χ0) is 22.5. The molecule has 0 saturated carbocycles. The predicted octanol–water partition coefficient (Wildman–Crippen LogP) is 3.59. The maximum absolute atomic E-state index is 12.2. The Hall–Kier alpha value is -2.32. The highest BCUT2D eigenvalue weighted by Crippen LogP contribution is 2.18. The third-order valence-electron chi connectivity index (χ3n) is 4.72. The van der Waals surface area contributed by atoms with E-state index in [1.165, 1.54) is 0 Å². The van der Waals surface area contributed by atoms with Crippen molar-refractivity contribution in [3.63, 3.8) is 0 Å². The van der Waals surface area contributed by atoms with Crippen LogP contribution >= 0.6 is 0 Å². The molecular weight excluding hydrogens is 400 g/mol. The van der Waals surface area contributed by atoms with Crippen molar-refractivity contribution < 1.29 is 28.5 Å². The van der Waals surface area contributed by atoms with Crippen LogP contribution in [-0.2, 0) is 25.6 Å². The van der Waals surface area contributed by atoms with Crippen molar-refractivity contribution in [3.8, 4) is 0 Å². The van der Waals surface area contributed by atoms with E-state index in [2.05, 4.69) is 5.32 Å². The zero-order valence-corrected chi connectivity index (χ0v) is 18.9. The number of benzene rings is 1. The maximum Gasteiger partial charge on any atom is 0.410 e. The fourth-order valence-corrected chi connectivity index (χ4v) is 3.10. The largest absolute Gasteiger partial charge is 0.445 e. The number of carbonyl (C=O) groups is 2. The van der Waals surface area contributed by atoms with Crippen LogP contribution in [0.4, 0.5) is 9.59 Å². The monoisotopic (exact) mass is 436 g/mol. The number of nitrogens with zero attached hydrogens (tertiary/aromatic N) is 1. The molecule has 1 aliphatic heterocycles. The van der Waals surface area contributed by atoms with E-state index in [-0.39, 0.29) is 6.09 Å². The Morgan fingerprint density at radius 1 is 1.03 bits per heavy atom. The topological polar surface area (TPSA) is 86.3 Å². The third kappa shape index (κ3) is 11.0. The molecule has 31 heavy (non-hydrogen) atoms. The van der Waals surface area contributed by atoms with Crippen molar-refractivity contribution >= 4 is 12.2 Å². The zero-order valence-electron chi connectivity index (χ0n) is 18.9. The molecule has 8 nitrogen and oxygen atoms in total. The van der Waals surface area contributed by atoms with Gasteiger partial charge >= 0.3 is 12.2 Å². The van der Waals surface area contributed by atoms with Crippen LogP contribution in [0.5, 0.6) is 0 Å². The molecule has 1 heterocycles. The summed E-state index contributed by atoms with van der Waals surface area (Å²) < 4.78 is 21.7. The van der Waals surface area contributed by atoms with Gasteiger partial charge in [0.25, 0.3) is 0 Å². The number of amides is 2. The van der Waals surface area contributed by atoms with Gasteiger partial charge in [-0.25, -0.2) is 9.59 Å². The number of likely N-dealkylation sites (tertiary alicyclic amines) is 1. The van der Waals surface area contributed by atoms with Gasteiger partial charge in [0.15, 0.2) is 0 Å². The highest BCUT2D eigenvalue weighted by atomic mass is 16.6. The fourth-order valence-electron chi connectivity index (χ4n) is 3.10. The van der Waals surface area contributed by atoms with Crippen LogP contribution in [-0.4, -0.2) is 68.7 Å². The Morgan fingerprint density at radius 2 is 1.71 bits per heavy atom. The normalized spacial score (nSPS) is 14.9. The third-order valence-corrected chi connectivity index (χ3v) is 4.72. The lowest BCUT2D eigenvalue weighted by molar-refractivity contribution is 0.0186. The first-order valence-corrected chi connectivity index (χ1v) is 10.9. The number of nitrogens with one attached hydrogen (secondary N) is 1. The highest BCUT2D eigenvalue weighted by Gasteiger charge is 2.23. The number of hydrogen-bond acceptors (Lipinski definition) is 6. The van der Waals surface area contributed by atoms with Crippen LogP contribution in [0.3, 0.4) is 0 Å². The first-order valence-electron chi connectivity index (χ1n) is 10.9. The quantitative estimate of drug-likeness (QED) is 0.564. The molecule has 1 fully saturated rings. The van der Waals surface area contributed by atoms with Gasteiger partial charge in [0.1, 0.15) is 12.2 Å². The van der Waals surface area contributed by atoms with Crippen LogP contribution in [0.2, 0.25) is 0 Å². The summed E-state index contributed by atoms with van der Waals surface area (Å²) in [6.45, 7) is 9.59. The molecule has 1 saturated heterocycles. The van der Waals surface area contributed by atoms with Gasteiger partial charge in [-0.15, -0.1) is 0 Å². The van der Waals surface area contributed by atoms with Crippen LogP contribution in [0.15, 0.2) is 30.3 Å². The lowest BCUT2D eigenvalue weighted by atomic mass is 9.98. The van der Waals surface area contributed by atoms with Gasteiger partial charge in [-0.3, -0.25) is 0 Å². The van der Waals surface area contributed by atoms with Crippen LogP contribution in [0, 0.1) is 5.92 Å². The molecule has 8 heteroatoms. The van der Waals surface area contributed by atoms with Gasteiger partial charge in [-0.1, -0.05) is 30.3 Å². The van der Waals surface area contributed by atoms with Crippen molar-refractivity contribution in [1.82, 2.24) is 10.2 Å². The molecule has 0 aromatic heterocycles. The van der Waals surface area contributed by atoms with Crippen LogP contribution in [0.25, 0.3) is 0 Å². The van der Waals surface area contributed by atoms with Gasteiger partial charge < -0.3 is 29.2 Å². The van der Waals surface area contributed by atoms with Crippen molar-refractivity contribution in [3.05, 3.63) is 35.9 Å². The molecule has 0 bridgehead atoms. The second-order valence-electron chi connectivity index (χ2n) is 8.59. The summed E-state index contributed by atoms with van der Waals surface area (Å²) in [6.07, 6.45) is 1.11. The van der Waals surface area contributed by atoms with E-state index in [1.807, 2.05) is 51.1 Å². The molecule has 174 valence electrons. The molecule has 1 aromatic carbocycles. The van der Waals surface area contributed by atoms with E-state index < -0.39 is 11.7 Å². The molecule has 0 spiro atoms. The van der Waals surface area contributed by atoms with Gasteiger partial charge in [0.05, 0.1) is 19.8 Å². The predicted molar refractivity (Wildman–Crippen MR) is 117 cm³/mol. The summed E-state index contributed by atoms with van der Waals surface area (Å²) in [7, 11) is 0. The molecule has 1 N–H and O–H groups in total. The second kappa shape index (κ2) is 13.2. The maximum atomic E-state index is 12.2. The van der Waals surface area contributed by atoms with Gasteiger partial charge in [0, 0.05) is 26.2 Å². The molecule has 2 rings (SSSR count). The molecule has 0 unspecified atom stereocenters. The molecule has 0 aliphatic carbocycles. The van der Waals surface area contributed by atoms with E-state index in [9.17, 15) is 9.59 Å². The minimum atomic E-state index is -0.503. The van der Waals surface area contributed by atoms with E-state index in [0.29, 0.717) is 58.6 Å². The van der Waals surface area contributed by atoms with Gasteiger partial charge in [-0.2, -0.15) is 0 Å². The lowest BCUT2D eigenvalue weighted by Gasteiger charge is -2.31. The number of hydrogen-bond donors (Lipinski definition) is 1. The molecule has 0 atom stereocenters. The minimum Gasteiger partial charge on any atom is -0.445 e. The Bertz CT molecular complexity index is 654. The summed E-state index contributed by atoms with van der Waals surface area (Å²) in [4.78, 5) is 25.4. The first-order chi connectivity index (χ1) is 14.8.